The first-order valence-corrected chi connectivity index (χ1v) is 8.13. The van der Waals surface area contributed by atoms with Crippen LogP contribution >= 0.6 is 0 Å². The van der Waals surface area contributed by atoms with Gasteiger partial charge in [0.2, 0.25) is 0 Å². The molecule has 0 bridgehead atoms. The van der Waals surface area contributed by atoms with E-state index in [1.54, 1.807) is 4.90 Å². The summed E-state index contributed by atoms with van der Waals surface area (Å²) in [7, 11) is 0. The highest BCUT2D eigenvalue weighted by atomic mass is 16.6. The summed E-state index contributed by atoms with van der Waals surface area (Å²) in [5.74, 6) is -0.861. The Morgan fingerprint density at radius 2 is 1.83 bits per heavy atom. The van der Waals surface area contributed by atoms with E-state index in [0.717, 1.165) is 12.0 Å². The summed E-state index contributed by atoms with van der Waals surface area (Å²) in [4.78, 5) is 36.8. The molecule has 6 nitrogen and oxygen atoms in total. The molecule has 2 atom stereocenters. The number of Topliss-reactive ketones (excluding diaryl/α,β-unsaturated/α-hetero) is 1. The monoisotopic (exact) mass is 333 g/mol. The molecule has 0 unspecified atom stereocenters. The first-order chi connectivity index (χ1) is 11.5. The molecule has 1 saturated heterocycles. The average Bonchev–Trinajstić information content (AvgIpc) is 3.03. The van der Waals surface area contributed by atoms with Crippen LogP contribution in [0.15, 0.2) is 30.3 Å². The normalized spacial score (nSPS) is 19.8. The summed E-state index contributed by atoms with van der Waals surface area (Å²) in [6.07, 6.45) is 0.360. The van der Waals surface area contributed by atoms with Crippen LogP contribution in [-0.2, 0) is 25.7 Å². The van der Waals surface area contributed by atoms with Gasteiger partial charge in [0.15, 0.2) is 5.78 Å². The molecule has 0 spiro atoms. The molecule has 0 saturated carbocycles. The Bertz CT molecular complexity index is 586. The SMILES string of the molecule is CC[C@@H]1CN(C(=O)OCc2ccccc2)C[C@@H]1C(=O)COC(C)=O. The number of carbonyl (C=O) groups excluding carboxylic acids is 3. The van der Waals surface area contributed by atoms with Crippen LogP contribution in [0.3, 0.4) is 0 Å². The maximum atomic E-state index is 12.2. The van der Waals surface area contributed by atoms with Crippen molar-refractivity contribution in [3.05, 3.63) is 35.9 Å². The molecule has 1 amide bonds. The molecule has 6 heteroatoms. The molecule has 2 rings (SSSR count). The minimum absolute atomic E-state index is 0.0670. The molecule has 24 heavy (non-hydrogen) atoms. The average molecular weight is 333 g/mol. The topological polar surface area (TPSA) is 72.9 Å². The molecule has 1 aliphatic heterocycles. The van der Waals surface area contributed by atoms with Crippen LogP contribution in [0.25, 0.3) is 0 Å². The van der Waals surface area contributed by atoms with E-state index in [4.69, 9.17) is 9.47 Å². The number of rotatable bonds is 6. The molecule has 1 aromatic carbocycles. The zero-order chi connectivity index (χ0) is 17.5. The Balaban J connectivity index is 1.88. The molecule has 130 valence electrons. The number of esters is 1. The highest BCUT2D eigenvalue weighted by Crippen LogP contribution is 2.27. The van der Waals surface area contributed by atoms with Gasteiger partial charge in [-0.25, -0.2) is 4.79 Å². The van der Waals surface area contributed by atoms with Gasteiger partial charge in [-0.05, 0) is 11.5 Å². The van der Waals surface area contributed by atoms with Crippen LogP contribution in [0.1, 0.15) is 25.8 Å². The Kier molecular flexibility index (Phi) is 6.35. The third-order valence-corrected chi connectivity index (χ3v) is 4.26. The number of amides is 1. The number of likely N-dealkylation sites (tertiary alicyclic amines) is 1. The van der Waals surface area contributed by atoms with Crippen molar-refractivity contribution in [2.24, 2.45) is 11.8 Å². The molecule has 1 fully saturated rings. The first kappa shape index (κ1) is 18.0. The fourth-order valence-electron chi connectivity index (χ4n) is 2.89. The summed E-state index contributed by atoms with van der Waals surface area (Å²) in [5.41, 5.74) is 0.916. The standard InChI is InChI=1S/C18H23NO5/c1-3-15-9-19(10-16(15)17(21)12-23-13(2)20)18(22)24-11-14-7-5-4-6-8-14/h4-8,15-16H,3,9-12H2,1-2H3/t15-,16+/m1/s1. The zero-order valence-electron chi connectivity index (χ0n) is 14.1. The van der Waals surface area contributed by atoms with Gasteiger partial charge < -0.3 is 14.4 Å². The lowest BCUT2D eigenvalue weighted by Gasteiger charge is -2.16. The second-order valence-electron chi connectivity index (χ2n) is 5.97. The van der Waals surface area contributed by atoms with E-state index in [0.29, 0.717) is 13.1 Å². The lowest BCUT2D eigenvalue weighted by atomic mass is 9.90. The second kappa shape index (κ2) is 8.47. The van der Waals surface area contributed by atoms with Gasteiger partial charge in [0.1, 0.15) is 13.2 Å². The minimum Gasteiger partial charge on any atom is -0.458 e. The van der Waals surface area contributed by atoms with Gasteiger partial charge in [0.05, 0.1) is 0 Å². The molecule has 1 aliphatic rings. The second-order valence-corrected chi connectivity index (χ2v) is 5.97. The van der Waals surface area contributed by atoms with Crippen molar-refractivity contribution < 1.29 is 23.9 Å². The van der Waals surface area contributed by atoms with Crippen LogP contribution in [0.5, 0.6) is 0 Å². The van der Waals surface area contributed by atoms with Crippen LogP contribution in [0.2, 0.25) is 0 Å². The van der Waals surface area contributed by atoms with Crippen LogP contribution in [0.4, 0.5) is 4.79 Å². The fraction of sp³-hybridized carbons (Fsp3) is 0.500. The van der Waals surface area contributed by atoms with Crippen molar-refractivity contribution in [2.75, 3.05) is 19.7 Å². The lowest BCUT2D eigenvalue weighted by molar-refractivity contribution is -0.147. The van der Waals surface area contributed by atoms with Crippen molar-refractivity contribution in [3.63, 3.8) is 0 Å². The van der Waals surface area contributed by atoms with Gasteiger partial charge >= 0.3 is 12.1 Å². The van der Waals surface area contributed by atoms with Crippen molar-refractivity contribution in [1.82, 2.24) is 4.90 Å². The van der Waals surface area contributed by atoms with Crippen LogP contribution in [-0.4, -0.2) is 42.4 Å². The highest BCUT2D eigenvalue weighted by Gasteiger charge is 2.39. The highest BCUT2D eigenvalue weighted by molar-refractivity contribution is 5.85. The van der Waals surface area contributed by atoms with Crippen LogP contribution in [0, 0.1) is 11.8 Å². The number of ether oxygens (including phenoxy) is 2. The van der Waals surface area contributed by atoms with Gasteiger partial charge in [-0.2, -0.15) is 0 Å². The molecule has 1 aromatic rings. The Morgan fingerprint density at radius 3 is 2.46 bits per heavy atom. The first-order valence-electron chi connectivity index (χ1n) is 8.13. The van der Waals surface area contributed by atoms with E-state index >= 15 is 0 Å². The van der Waals surface area contributed by atoms with E-state index in [-0.39, 0.29) is 30.8 Å². The zero-order valence-corrected chi connectivity index (χ0v) is 14.1. The quantitative estimate of drug-likeness (QED) is 0.748. The molecule has 0 radical (unpaired) electrons. The van der Waals surface area contributed by atoms with E-state index in [2.05, 4.69) is 0 Å². The number of carbonyl (C=O) groups is 3. The van der Waals surface area contributed by atoms with E-state index in [9.17, 15) is 14.4 Å². The maximum Gasteiger partial charge on any atom is 0.410 e. The summed E-state index contributed by atoms with van der Waals surface area (Å²) in [5, 5.41) is 0. The van der Waals surface area contributed by atoms with Crippen molar-refractivity contribution in [1.29, 1.82) is 0 Å². The van der Waals surface area contributed by atoms with Crippen molar-refractivity contribution in [2.45, 2.75) is 26.9 Å². The van der Waals surface area contributed by atoms with E-state index in [1.807, 2.05) is 37.3 Å². The Morgan fingerprint density at radius 1 is 1.12 bits per heavy atom. The van der Waals surface area contributed by atoms with Gasteiger partial charge in [-0.15, -0.1) is 0 Å². The lowest BCUT2D eigenvalue weighted by Crippen LogP contribution is -2.31. The largest absolute Gasteiger partial charge is 0.458 e. The van der Waals surface area contributed by atoms with Crippen molar-refractivity contribution >= 4 is 17.8 Å². The number of nitrogens with zero attached hydrogens (tertiary/aromatic N) is 1. The maximum absolute atomic E-state index is 12.2. The van der Waals surface area contributed by atoms with Gasteiger partial charge in [-0.3, -0.25) is 9.59 Å². The number of hydrogen-bond acceptors (Lipinski definition) is 5. The summed E-state index contributed by atoms with van der Waals surface area (Å²) >= 11 is 0. The molecule has 0 aliphatic carbocycles. The van der Waals surface area contributed by atoms with Crippen LogP contribution < -0.4 is 0 Å². The smallest absolute Gasteiger partial charge is 0.410 e. The third-order valence-electron chi connectivity index (χ3n) is 4.26. The third kappa shape index (κ3) is 4.81. The minimum atomic E-state index is -0.478. The summed E-state index contributed by atoms with van der Waals surface area (Å²) in [6.45, 7) is 4.03. The molecule has 0 aromatic heterocycles. The number of benzene rings is 1. The van der Waals surface area contributed by atoms with Gasteiger partial charge in [-0.1, -0.05) is 43.7 Å². The molecule has 0 N–H and O–H groups in total. The summed E-state index contributed by atoms with van der Waals surface area (Å²) < 4.78 is 10.1. The van der Waals surface area contributed by atoms with Crippen molar-refractivity contribution in [3.8, 4) is 0 Å². The number of hydrogen-bond donors (Lipinski definition) is 0. The van der Waals surface area contributed by atoms with E-state index in [1.165, 1.54) is 6.92 Å². The number of ketones is 1. The van der Waals surface area contributed by atoms with Gasteiger partial charge in [0.25, 0.3) is 0 Å². The molecule has 1 heterocycles. The Labute approximate surface area is 141 Å². The fourth-order valence-corrected chi connectivity index (χ4v) is 2.89. The molecular formula is C18H23NO5. The summed E-state index contributed by atoms with van der Waals surface area (Å²) in [6, 6.07) is 9.44. The van der Waals surface area contributed by atoms with Gasteiger partial charge in [0, 0.05) is 25.9 Å². The molecular weight excluding hydrogens is 310 g/mol. The predicted octanol–water partition coefficient (Wildman–Crippen LogP) is 2.41. The predicted molar refractivity (Wildman–Crippen MR) is 87.1 cm³/mol. The van der Waals surface area contributed by atoms with E-state index < -0.39 is 12.1 Å². The Hall–Kier alpha value is -2.37.